The highest BCUT2D eigenvalue weighted by Gasteiger charge is 2.62. The second kappa shape index (κ2) is 6.15. The van der Waals surface area contributed by atoms with Crippen molar-refractivity contribution in [3.05, 3.63) is 0 Å². The third-order valence-corrected chi connectivity index (χ3v) is 5.37. The summed E-state index contributed by atoms with van der Waals surface area (Å²) >= 11 is 0. The number of amides is 1. The van der Waals surface area contributed by atoms with Crippen molar-refractivity contribution in [2.24, 2.45) is 11.3 Å². The number of alkyl halides is 3. The maximum absolute atomic E-state index is 13.4. The largest absolute Gasteiger partial charge is 0.404 e. The Hall–Kier alpha value is -0.780. The number of hydrogen-bond donors (Lipinski definition) is 1. The Morgan fingerprint density at radius 1 is 1.29 bits per heavy atom. The molecule has 6 heteroatoms. The first-order valence-electron chi connectivity index (χ1n) is 7.86. The lowest BCUT2D eigenvalue weighted by molar-refractivity contribution is -0.222. The van der Waals surface area contributed by atoms with E-state index in [9.17, 15) is 18.0 Å². The molecule has 0 aromatic rings. The molecule has 0 aromatic heterocycles. The van der Waals surface area contributed by atoms with Crippen LogP contribution in [-0.4, -0.2) is 43.2 Å². The first-order chi connectivity index (χ1) is 9.82. The van der Waals surface area contributed by atoms with E-state index in [1.165, 1.54) is 4.90 Å². The molecule has 1 atom stereocenters. The first kappa shape index (κ1) is 16.6. The second-order valence-corrected chi connectivity index (χ2v) is 6.51. The first-order valence-corrected chi connectivity index (χ1v) is 7.86. The van der Waals surface area contributed by atoms with Crippen LogP contribution in [0.5, 0.6) is 0 Å². The lowest BCUT2D eigenvalue weighted by Crippen LogP contribution is -2.55. The molecule has 1 saturated heterocycles. The number of halogens is 3. The summed E-state index contributed by atoms with van der Waals surface area (Å²) in [6, 6.07) is -0.0416. The van der Waals surface area contributed by atoms with Gasteiger partial charge in [-0.2, -0.15) is 13.2 Å². The molecule has 1 N–H and O–H groups in total. The van der Waals surface area contributed by atoms with Gasteiger partial charge in [0, 0.05) is 19.6 Å². The summed E-state index contributed by atoms with van der Waals surface area (Å²) in [6.45, 7) is 2.11. The Morgan fingerprint density at radius 2 is 1.90 bits per heavy atom. The average Bonchev–Trinajstić information content (AvgIpc) is 2.96. The van der Waals surface area contributed by atoms with E-state index in [2.05, 4.69) is 12.2 Å². The van der Waals surface area contributed by atoms with Crippen LogP contribution >= 0.6 is 0 Å². The van der Waals surface area contributed by atoms with Gasteiger partial charge in [0.25, 0.3) is 0 Å². The molecule has 1 aliphatic carbocycles. The molecule has 1 aliphatic heterocycles. The van der Waals surface area contributed by atoms with Crippen molar-refractivity contribution in [2.75, 3.05) is 20.1 Å². The molecule has 1 unspecified atom stereocenters. The van der Waals surface area contributed by atoms with E-state index in [4.69, 9.17) is 0 Å². The number of carbonyl (C=O) groups excluding carboxylic acids is 1. The van der Waals surface area contributed by atoms with Crippen LogP contribution in [-0.2, 0) is 4.79 Å². The fourth-order valence-electron chi connectivity index (χ4n) is 3.68. The Balaban J connectivity index is 2.08. The van der Waals surface area contributed by atoms with E-state index < -0.39 is 17.5 Å². The van der Waals surface area contributed by atoms with Crippen molar-refractivity contribution in [3.8, 4) is 0 Å². The van der Waals surface area contributed by atoms with Crippen molar-refractivity contribution in [1.82, 2.24) is 10.2 Å². The highest BCUT2D eigenvalue weighted by atomic mass is 19.4. The molecule has 1 amide bonds. The molecule has 2 rings (SSSR count). The number of carbonyl (C=O) groups is 1. The number of rotatable bonds is 3. The van der Waals surface area contributed by atoms with Gasteiger partial charge in [0.1, 0.15) is 0 Å². The van der Waals surface area contributed by atoms with Crippen molar-refractivity contribution in [3.63, 3.8) is 0 Å². The van der Waals surface area contributed by atoms with Crippen LogP contribution in [0, 0.1) is 11.3 Å². The van der Waals surface area contributed by atoms with Crippen LogP contribution in [0.25, 0.3) is 0 Å². The monoisotopic (exact) mass is 306 g/mol. The minimum atomic E-state index is -4.48. The Kier molecular flexibility index (Phi) is 4.85. The van der Waals surface area contributed by atoms with Crippen molar-refractivity contribution < 1.29 is 18.0 Å². The minimum Gasteiger partial charge on any atom is -0.342 e. The van der Waals surface area contributed by atoms with Crippen LogP contribution in [0.1, 0.15) is 45.4 Å². The summed E-state index contributed by atoms with van der Waals surface area (Å²) in [5, 5.41) is 2.71. The highest BCUT2D eigenvalue weighted by molar-refractivity contribution is 5.84. The molecule has 1 heterocycles. The van der Waals surface area contributed by atoms with Crippen LogP contribution in [0.4, 0.5) is 13.2 Å². The van der Waals surface area contributed by atoms with Gasteiger partial charge in [0.15, 0.2) is 5.41 Å². The van der Waals surface area contributed by atoms with Crippen LogP contribution < -0.4 is 5.32 Å². The molecule has 2 fully saturated rings. The van der Waals surface area contributed by atoms with E-state index >= 15 is 0 Å². The Labute approximate surface area is 124 Å². The summed E-state index contributed by atoms with van der Waals surface area (Å²) in [5.74, 6) is -0.0885. The summed E-state index contributed by atoms with van der Waals surface area (Å²) in [6.07, 6.45) is 0.142. The van der Waals surface area contributed by atoms with Gasteiger partial charge < -0.3 is 10.2 Å². The predicted octanol–water partition coefficient (Wildman–Crippen LogP) is 2.96. The van der Waals surface area contributed by atoms with E-state index in [1.54, 1.807) is 7.05 Å². The molecule has 3 nitrogen and oxygen atoms in total. The number of hydrogen-bond acceptors (Lipinski definition) is 2. The quantitative estimate of drug-likeness (QED) is 0.869. The Morgan fingerprint density at radius 3 is 2.33 bits per heavy atom. The minimum absolute atomic E-state index is 0.0416. The maximum Gasteiger partial charge on any atom is 0.404 e. The SMILES string of the molecule is CCC1CCC(N(C)C(=O)C2(C(F)(F)F)CCNC2)CC1. The summed E-state index contributed by atoms with van der Waals surface area (Å²) in [4.78, 5) is 13.9. The fraction of sp³-hybridized carbons (Fsp3) is 0.933. The molecule has 0 aromatic carbocycles. The van der Waals surface area contributed by atoms with Gasteiger partial charge in [0.2, 0.25) is 5.91 Å². The van der Waals surface area contributed by atoms with Gasteiger partial charge in [-0.05, 0) is 44.6 Å². The zero-order valence-corrected chi connectivity index (χ0v) is 12.8. The maximum atomic E-state index is 13.4. The average molecular weight is 306 g/mol. The second-order valence-electron chi connectivity index (χ2n) is 6.51. The van der Waals surface area contributed by atoms with E-state index in [0.29, 0.717) is 5.92 Å². The Bertz CT molecular complexity index is 370. The fourth-order valence-corrected chi connectivity index (χ4v) is 3.68. The molecule has 122 valence electrons. The lowest BCUT2D eigenvalue weighted by atomic mass is 9.81. The molecule has 0 spiro atoms. The van der Waals surface area contributed by atoms with E-state index in [1.807, 2.05) is 0 Å². The molecular formula is C15H25F3N2O. The third-order valence-electron chi connectivity index (χ3n) is 5.37. The molecule has 2 aliphatic rings. The highest BCUT2D eigenvalue weighted by Crippen LogP contribution is 2.45. The van der Waals surface area contributed by atoms with Crippen molar-refractivity contribution in [2.45, 2.75) is 57.7 Å². The molecule has 21 heavy (non-hydrogen) atoms. The zero-order valence-electron chi connectivity index (χ0n) is 12.8. The smallest absolute Gasteiger partial charge is 0.342 e. The molecule has 0 radical (unpaired) electrons. The normalized spacial score (nSPS) is 34.0. The van der Waals surface area contributed by atoms with E-state index in [-0.39, 0.29) is 25.6 Å². The lowest BCUT2D eigenvalue weighted by Gasteiger charge is -2.39. The van der Waals surface area contributed by atoms with Gasteiger partial charge in [-0.25, -0.2) is 0 Å². The van der Waals surface area contributed by atoms with Gasteiger partial charge in [0.05, 0.1) is 0 Å². The molecular weight excluding hydrogens is 281 g/mol. The van der Waals surface area contributed by atoms with Crippen molar-refractivity contribution in [1.29, 1.82) is 0 Å². The number of nitrogens with one attached hydrogen (secondary N) is 1. The van der Waals surface area contributed by atoms with Crippen LogP contribution in [0.15, 0.2) is 0 Å². The van der Waals surface area contributed by atoms with Crippen LogP contribution in [0.3, 0.4) is 0 Å². The van der Waals surface area contributed by atoms with Gasteiger partial charge >= 0.3 is 6.18 Å². The third kappa shape index (κ3) is 3.05. The molecule has 1 saturated carbocycles. The molecule has 0 bridgehead atoms. The summed E-state index contributed by atoms with van der Waals surface area (Å²) in [7, 11) is 1.55. The zero-order chi connectivity index (χ0) is 15.7. The topological polar surface area (TPSA) is 32.3 Å². The predicted molar refractivity (Wildman–Crippen MR) is 74.8 cm³/mol. The van der Waals surface area contributed by atoms with E-state index in [0.717, 1.165) is 32.1 Å². The summed E-state index contributed by atoms with van der Waals surface area (Å²) < 4.78 is 40.3. The standard InChI is InChI=1S/C15H25F3N2O/c1-3-11-4-6-12(7-5-11)20(2)13(21)14(15(16,17)18)8-9-19-10-14/h11-12,19H,3-10H2,1-2H3. The van der Waals surface area contributed by atoms with Gasteiger partial charge in [-0.15, -0.1) is 0 Å². The van der Waals surface area contributed by atoms with Crippen LogP contribution in [0.2, 0.25) is 0 Å². The van der Waals surface area contributed by atoms with Gasteiger partial charge in [-0.3, -0.25) is 4.79 Å². The van der Waals surface area contributed by atoms with Crippen molar-refractivity contribution >= 4 is 5.91 Å². The van der Waals surface area contributed by atoms with Gasteiger partial charge in [-0.1, -0.05) is 13.3 Å². The summed E-state index contributed by atoms with van der Waals surface area (Å²) in [5.41, 5.74) is -2.22. The number of nitrogens with zero attached hydrogens (tertiary/aromatic N) is 1.